The van der Waals surface area contributed by atoms with Gasteiger partial charge in [0.2, 0.25) is 10.0 Å². The molecule has 0 atom stereocenters. The molecule has 1 amide bonds. The first-order chi connectivity index (χ1) is 12.4. The molecule has 5 nitrogen and oxygen atoms in total. The third-order valence-electron chi connectivity index (χ3n) is 4.07. The first-order valence-electron chi connectivity index (χ1n) is 8.52. The van der Waals surface area contributed by atoms with Crippen LogP contribution in [0.2, 0.25) is 0 Å². The molecule has 1 N–H and O–H groups in total. The molecule has 7 heteroatoms. The van der Waals surface area contributed by atoms with Crippen molar-refractivity contribution in [3.8, 4) is 0 Å². The maximum absolute atomic E-state index is 14.1. The van der Waals surface area contributed by atoms with Crippen LogP contribution in [0, 0.1) is 5.82 Å². The number of benzene rings is 2. The van der Waals surface area contributed by atoms with E-state index in [-0.39, 0.29) is 10.5 Å². The second-order valence-electron chi connectivity index (χ2n) is 5.72. The molecule has 0 radical (unpaired) electrons. The zero-order valence-electron chi connectivity index (χ0n) is 14.9. The molecule has 140 valence electrons. The third kappa shape index (κ3) is 4.68. The summed E-state index contributed by atoms with van der Waals surface area (Å²) in [6.45, 7) is 4.38. The quantitative estimate of drug-likeness (QED) is 0.768. The minimum atomic E-state index is -3.75. The van der Waals surface area contributed by atoms with Crippen LogP contribution in [0.4, 0.5) is 4.39 Å². The molecule has 2 rings (SSSR count). The van der Waals surface area contributed by atoms with Gasteiger partial charge in [0.25, 0.3) is 5.91 Å². The maximum atomic E-state index is 14.1. The lowest BCUT2D eigenvalue weighted by Gasteiger charge is -2.19. The molecule has 0 fully saturated rings. The van der Waals surface area contributed by atoms with Crippen molar-refractivity contribution in [2.24, 2.45) is 0 Å². The Bertz CT molecular complexity index is 850. The van der Waals surface area contributed by atoms with Crippen LogP contribution in [-0.2, 0) is 16.4 Å². The number of hydrogen-bond acceptors (Lipinski definition) is 3. The van der Waals surface area contributed by atoms with E-state index in [1.54, 1.807) is 13.8 Å². The fourth-order valence-electron chi connectivity index (χ4n) is 2.61. The van der Waals surface area contributed by atoms with E-state index in [0.29, 0.717) is 26.1 Å². The Hall–Kier alpha value is -2.25. The number of carbonyl (C=O) groups is 1. The average Bonchev–Trinajstić information content (AvgIpc) is 2.63. The van der Waals surface area contributed by atoms with Gasteiger partial charge in [-0.15, -0.1) is 0 Å². The number of hydrogen-bond donors (Lipinski definition) is 1. The summed E-state index contributed by atoms with van der Waals surface area (Å²) in [6, 6.07) is 12.9. The van der Waals surface area contributed by atoms with Crippen molar-refractivity contribution in [1.29, 1.82) is 0 Å². The van der Waals surface area contributed by atoms with Gasteiger partial charge in [0.1, 0.15) is 5.82 Å². The normalized spacial score (nSPS) is 11.5. The lowest BCUT2D eigenvalue weighted by molar-refractivity contribution is 0.0950. The topological polar surface area (TPSA) is 66.5 Å². The summed E-state index contributed by atoms with van der Waals surface area (Å²) in [4.78, 5) is 12.2. The molecule has 2 aromatic rings. The predicted molar refractivity (Wildman–Crippen MR) is 99.0 cm³/mol. The van der Waals surface area contributed by atoms with Crippen LogP contribution in [0.15, 0.2) is 53.4 Å². The van der Waals surface area contributed by atoms with E-state index < -0.39 is 21.7 Å². The molecule has 0 heterocycles. The first-order valence-corrected chi connectivity index (χ1v) is 9.96. The van der Waals surface area contributed by atoms with Crippen molar-refractivity contribution in [3.05, 3.63) is 65.5 Å². The molecule has 0 bridgehead atoms. The number of halogens is 1. The molecular weight excluding hydrogens is 355 g/mol. The van der Waals surface area contributed by atoms with Crippen LogP contribution in [0.3, 0.4) is 0 Å². The second-order valence-corrected chi connectivity index (χ2v) is 7.66. The van der Waals surface area contributed by atoms with Crippen molar-refractivity contribution in [2.45, 2.75) is 25.2 Å². The minimum Gasteiger partial charge on any atom is -0.352 e. The summed E-state index contributed by atoms with van der Waals surface area (Å²) >= 11 is 0. The number of amides is 1. The Labute approximate surface area is 153 Å². The number of carbonyl (C=O) groups excluding carboxylic acids is 1. The third-order valence-corrected chi connectivity index (χ3v) is 6.11. The fraction of sp³-hybridized carbons (Fsp3) is 0.316. The van der Waals surface area contributed by atoms with Crippen molar-refractivity contribution in [2.75, 3.05) is 19.6 Å². The van der Waals surface area contributed by atoms with Crippen LogP contribution in [0.5, 0.6) is 0 Å². The van der Waals surface area contributed by atoms with E-state index in [2.05, 4.69) is 5.32 Å². The van der Waals surface area contributed by atoms with Gasteiger partial charge >= 0.3 is 0 Å². The van der Waals surface area contributed by atoms with Crippen LogP contribution in [0.1, 0.15) is 29.8 Å². The van der Waals surface area contributed by atoms with E-state index in [0.717, 1.165) is 17.7 Å². The Morgan fingerprint density at radius 2 is 1.73 bits per heavy atom. The number of sulfonamides is 1. The summed E-state index contributed by atoms with van der Waals surface area (Å²) in [5.41, 5.74) is 0.775. The van der Waals surface area contributed by atoms with Gasteiger partial charge in [-0.3, -0.25) is 4.79 Å². The van der Waals surface area contributed by atoms with Crippen molar-refractivity contribution >= 4 is 15.9 Å². The summed E-state index contributed by atoms with van der Waals surface area (Å²) in [6.07, 6.45) is 0.603. The standard InChI is InChI=1S/C19H23FN2O3S/c1-3-22(4-2)26(24,25)16-10-11-18(20)17(14-16)19(23)21-13-12-15-8-6-5-7-9-15/h5-11,14H,3-4,12-13H2,1-2H3,(H,21,23). The Morgan fingerprint density at radius 1 is 1.08 bits per heavy atom. The highest BCUT2D eigenvalue weighted by molar-refractivity contribution is 7.89. The number of nitrogens with zero attached hydrogens (tertiary/aromatic N) is 1. The largest absolute Gasteiger partial charge is 0.352 e. The molecule has 0 unspecified atom stereocenters. The number of nitrogens with one attached hydrogen (secondary N) is 1. The van der Waals surface area contributed by atoms with Crippen molar-refractivity contribution in [3.63, 3.8) is 0 Å². The monoisotopic (exact) mass is 378 g/mol. The van der Waals surface area contributed by atoms with Gasteiger partial charge in [0.15, 0.2) is 0 Å². The highest BCUT2D eigenvalue weighted by Crippen LogP contribution is 2.19. The van der Waals surface area contributed by atoms with Crippen LogP contribution < -0.4 is 5.32 Å². The number of rotatable bonds is 8. The molecule has 2 aromatic carbocycles. The van der Waals surface area contributed by atoms with Gasteiger partial charge in [-0.05, 0) is 30.2 Å². The van der Waals surface area contributed by atoms with E-state index in [1.165, 1.54) is 10.4 Å². The molecule has 26 heavy (non-hydrogen) atoms. The maximum Gasteiger partial charge on any atom is 0.254 e. The Kier molecular flexibility index (Phi) is 6.88. The summed E-state index contributed by atoms with van der Waals surface area (Å²) < 4.78 is 40.4. The van der Waals surface area contributed by atoms with E-state index in [9.17, 15) is 17.6 Å². The SMILES string of the molecule is CCN(CC)S(=O)(=O)c1ccc(F)c(C(=O)NCCc2ccccc2)c1. The zero-order valence-corrected chi connectivity index (χ0v) is 15.7. The highest BCUT2D eigenvalue weighted by atomic mass is 32.2. The van der Waals surface area contributed by atoms with Gasteiger partial charge in [-0.25, -0.2) is 12.8 Å². The molecule has 0 aliphatic heterocycles. The molecule has 0 saturated heterocycles. The van der Waals surface area contributed by atoms with Crippen molar-refractivity contribution < 1.29 is 17.6 Å². The van der Waals surface area contributed by atoms with Crippen LogP contribution in [0.25, 0.3) is 0 Å². The van der Waals surface area contributed by atoms with E-state index in [1.807, 2.05) is 30.3 Å². The highest BCUT2D eigenvalue weighted by Gasteiger charge is 2.24. The lowest BCUT2D eigenvalue weighted by atomic mass is 10.1. The lowest BCUT2D eigenvalue weighted by Crippen LogP contribution is -2.31. The molecule has 0 aliphatic rings. The van der Waals surface area contributed by atoms with Crippen LogP contribution >= 0.6 is 0 Å². The van der Waals surface area contributed by atoms with Gasteiger partial charge in [0.05, 0.1) is 10.5 Å². The van der Waals surface area contributed by atoms with Crippen molar-refractivity contribution in [1.82, 2.24) is 9.62 Å². The summed E-state index contributed by atoms with van der Waals surface area (Å²) in [5.74, 6) is -1.38. The van der Waals surface area contributed by atoms with Gasteiger partial charge in [-0.1, -0.05) is 44.2 Å². The van der Waals surface area contributed by atoms with Crippen LogP contribution in [-0.4, -0.2) is 38.3 Å². The first kappa shape index (κ1) is 20.1. The molecular formula is C19H23FN2O3S. The summed E-state index contributed by atoms with van der Waals surface area (Å²) in [5, 5.41) is 2.64. The van der Waals surface area contributed by atoms with Gasteiger partial charge in [-0.2, -0.15) is 4.31 Å². The summed E-state index contributed by atoms with van der Waals surface area (Å²) in [7, 11) is -3.75. The van der Waals surface area contributed by atoms with E-state index in [4.69, 9.17) is 0 Å². The molecule has 0 spiro atoms. The van der Waals surface area contributed by atoms with E-state index >= 15 is 0 Å². The minimum absolute atomic E-state index is 0.0872. The second kappa shape index (κ2) is 8.91. The Morgan fingerprint density at radius 3 is 2.35 bits per heavy atom. The Balaban J connectivity index is 2.14. The molecule has 0 aromatic heterocycles. The zero-order chi connectivity index (χ0) is 19.2. The smallest absolute Gasteiger partial charge is 0.254 e. The molecule has 0 aliphatic carbocycles. The molecule has 0 saturated carbocycles. The van der Waals surface area contributed by atoms with Gasteiger partial charge < -0.3 is 5.32 Å². The van der Waals surface area contributed by atoms with Gasteiger partial charge in [0, 0.05) is 19.6 Å². The predicted octanol–water partition coefficient (Wildman–Crippen LogP) is 2.83. The fourth-order valence-corrected chi connectivity index (χ4v) is 4.10. The average molecular weight is 378 g/mol.